The van der Waals surface area contributed by atoms with E-state index >= 15 is 0 Å². The molecule has 5 aliphatic carbocycles. The smallest absolute Gasteiger partial charge is 0.308 e. The van der Waals surface area contributed by atoms with Crippen molar-refractivity contribution in [3.8, 4) is 0 Å². The molecule has 0 aromatic rings. The summed E-state index contributed by atoms with van der Waals surface area (Å²) < 4.78 is 0. The Labute approximate surface area is 238 Å². The lowest BCUT2D eigenvalue weighted by molar-refractivity contribution is -0.240. The van der Waals surface area contributed by atoms with Crippen LogP contribution >= 0.6 is 0 Å². The SMILES string of the molecule is C=C(C)C1CCC2(C(=O)NCC(C)C(=O)O)CCC3(C)C(CCC4C5(C)CCC(C)C(C)(C)C5CCC43C)C12. The van der Waals surface area contributed by atoms with Gasteiger partial charge in [-0.2, -0.15) is 0 Å². The van der Waals surface area contributed by atoms with Crippen LogP contribution in [0.5, 0.6) is 0 Å². The second-order valence-electron chi connectivity index (χ2n) is 16.6. The van der Waals surface area contributed by atoms with Gasteiger partial charge < -0.3 is 10.4 Å². The van der Waals surface area contributed by atoms with E-state index < -0.39 is 11.9 Å². The third-order valence-corrected chi connectivity index (χ3v) is 15.1. The van der Waals surface area contributed by atoms with Gasteiger partial charge in [0.2, 0.25) is 5.91 Å². The average molecular weight is 540 g/mol. The van der Waals surface area contributed by atoms with E-state index in [1.165, 1.54) is 44.1 Å². The van der Waals surface area contributed by atoms with E-state index in [0.29, 0.717) is 34.0 Å². The van der Waals surface area contributed by atoms with E-state index in [0.717, 1.165) is 43.4 Å². The predicted octanol–water partition coefficient (Wildman–Crippen LogP) is 8.12. The normalized spacial score (nSPS) is 49.0. The molecule has 220 valence electrons. The molecule has 0 heterocycles. The van der Waals surface area contributed by atoms with Gasteiger partial charge in [-0.3, -0.25) is 9.59 Å². The van der Waals surface area contributed by atoms with Gasteiger partial charge in [0.25, 0.3) is 0 Å². The van der Waals surface area contributed by atoms with Crippen LogP contribution in [0.4, 0.5) is 0 Å². The fourth-order valence-corrected chi connectivity index (χ4v) is 12.2. The highest BCUT2D eigenvalue weighted by Crippen LogP contribution is 2.77. The summed E-state index contributed by atoms with van der Waals surface area (Å²) in [6.45, 7) is 24.1. The molecule has 0 radical (unpaired) electrons. The Morgan fingerprint density at radius 1 is 0.897 bits per heavy atom. The molecule has 4 nitrogen and oxygen atoms in total. The van der Waals surface area contributed by atoms with Crippen LogP contribution in [0.2, 0.25) is 0 Å². The van der Waals surface area contributed by atoms with Crippen LogP contribution in [0.15, 0.2) is 12.2 Å². The third-order valence-electron chi connectivity index (χ3n) is 15.1. The number of hydrogen-bond acceptors (Lipinski definition) is 2. The summed E-state index contributed by atoms with van der Waals surface area (Å²) in [5.74, 6) is 2.28. The first-order valence-corrected chi connectivity index (χ1v) is 16.2. The van der Waals surface area contributed by atoms with E-state index in [1.807, 2.05) is 0 Å². The molecule has 5 fully saturated rings. The van der Waals surface area contributed by atoms with Gasteiger partial charge >= 0.3 is 5.97 Å². The van der Waals surface area contributed by atoms with Crippen molar-refractivity contribution in [2.45, 2.75) is 120 Å². The molecule has 0 aromatic carbocycles. The maximum atomic E-state index is 14.0. The molecule has 4 heteroatoms. The molecule has 5 aliphatic rings. The van der Waals surface area contributed by atoms with Crippen LogP contribution in [-0.4, -0.2) is 23.5 Å². The number of carboxylic acid groups (broad SMARTS) is 1. The number of fused-ring (bicyclic) bond motifs is 7. The van der Waals surface area contributed by atoms with Gasteiger partial charge in [-0.25, -0.2) is 0 Å². The molecule has 0 aromatic heterocycles. The minimum absolute atomic E-state index is 0.123. The van der Waals surface area contributed by atoms with Crippen molar-refractivity contribution >= 4 is 11.9 Å². The van der Waals surface area contributed by atoms with Gasteiger partial charge in [-0.05, 0) is 128 Å². The summed E-state index contributed by atoms with van der Waals surface area (Å²) >= 11 is 0. The zero-order valence-corrected chi connectivity index (χ0v) is 26.3. The molecule has 11 unspecified atom stereocenters. The number of rotatable bonds is 5. The van der Waals surface area contributed by atoms with Gasteiger partial charge in [0.15, 0.2) is 0 Å². The first kappa shape index (κ1) is 29.2. The first-order chi connectivity index (χ1) is 18.1. The number of amides is 1. The lowest BCUT2D eigenvalue weighted by atomic mass is 9.32. The van der Waals surface area contributed by atoms with Crippen molar-refractivity contribution in [3.05, 3.63) is 12.2 Å². The molecular formula is C35H57NO3. The van der Waals surface area contributed by atoms with Crippen molar-refractivity contribution in [1.82, 2.24) is 5.32 Å². The zero-order chi connectivity index (χ0) is 28.8. The second kappa shape index (κ2) is 9.35. The maximum absolute atomic E-state index is 14.0. The summed E-state index contributed by atoms with van der Waals surface area (Å²) in [5, 5.41) is 12.6. The molecule has 0 aliphatic heterocycles. The molecule has 5 saturated carbocycles. The molecule has 11 atom stereocenters. The Kier molecular flexibility index (Phi) is 6.99. The maximum Gasteiger partial charge on any atom is 0.308 e. The molecule has 5 rings (SSSR count). The Morgan fingerprint density at radius 2 is 1.59 bits per heavy atom. The van der Waals surface area contributed by atoms with Crippen LogP contribution in [0, 0.1) is 68.5 Å². The third kappa shape index (κ3) is 3.88. The largest absolute Gasteiger partial charge is 0.481 e. The van der Waals surface area contributed by atoms with Crippen LogP contribution in [0.1, 0.15) is 120 Å². The molecular weight excluding hydrogens is 482 g/mol. The first-order valence-electron chi connectivity index (χ1n) is 16.2. The quantitative estimate of drug-likeness (QED) is 0.347. The number of carbonyl (C=O) groups excluding carboxylic acids is 1. The van der Waals surface area contributed by atoms with Crippen LogP contribution in [0.25, 0.3) is 0 Å². The van der Waals surface area contributed by atoms with Crippen molar-refractivity contribution in [2.75, 3.05) is 6.54 Å². The van der Waals surface area contributed by atoms with E-state index in [2.05, 4.69) is 60.4 Å². The highest BCUT2D eigenvalue weighted by Gasteiger charge is 2.71. The van der Waals surface area contributed by atoms with Gasteiger partial charge in [0, 0.05) is 6.54 Å². The van der Waals surface area contributed by atoms with Crippen molar-refractivity contribution in [2.24, 2.45) is 68.5 Å². The van der Waals surface area contributed by atoms with Crippen molar-refractivity contribution < 1.29 is 14.7 Å². The minimum atomic E-state index is -0.845. The molecule has 39 heavy (non-hydrogen) atoms. The summed E-state index contributed by atoms with van der Waals surface area (Å²) in [6.07, 6.45) is 11.9. The van der Waals surface area contributed by atoms with E-state index in [9.17, 15) is 14.7 Å². The van der Waals surface area contributed by atoms with Gasteiger partial charge in [-0.15, -0.1) is 0 Å². The monoisotopic (exact) mass is 539 g/mol. The second-order valence-corrected chi connectivity index (χ2v) is 16.6. The topological polar surface area (TPSA) is 66.4 Å². The van der Waals surface area contributed by atoms with Gasteiger partial charge in [0.05, 0.1) is 11.3 Å². The fraction of sp³-hybridized carbons (Fsp3) is 0.886. The van der Waals surface area contributed by atoms with E-state index in [1.54, 1.807) is 6.92 Å². The highest BCUT2D eigenvalue weighted by molar-refractivity contribution is 5.84. The van der Waals surface area contributed by atoms with Crippen LogP contribution in [-0.2, 0) is 9.59 Å². The summed E-state index contributed by atoms with van der Waals surface area (Å²) in [7, 11) is 0. The number of allylic oxidation sites excluding steroid dienone is 1. The Bertz CT molecular complexity index is 1030. The van der Waals surface area contributed by atoms with E-state index in [-0.39, 0.29) is 23.3 Å². The molecule has 0 saturated heterocycles. The lowest BCUT2D eigenvalue weighted by Gasteiger charge is -2.73. The van der Waals surface area contributed by atoms with Crippen molar-refractivity contribution in [1.29, 1.82) is 0 Å². The Hall–Kier alpha value is -1.32. The fourth-order valence-electron chi connectivity index (χ4n) is 12.2. The Morgan fingerprint density at radius 3 is 2.23 bits per heavy atom. The molecule has 1 amide bonds. The summed E-state index contributed by atoms with van der Waals surface area (Å²) in [6, 6.07) is 0. The Balaban J connectivity index is 1.50. The van der Waals surface area contributed by atoms with Crippen LogP contribution < -0.4 is 5.32 Å². The average Bonchev–Trinajstić information content (AvgIpc) is 3.26. The standard InChI is InChI=1S/C35H57NO3/c1-21(2)24-13-17-35(30(39)36-20-22(3)29(37)38)19-18-33(8)25(28(24)35)10-11-27-32(7)15-12-23(4)31(5,6)26(32)14-16-34(27,33)9/h22-28H,1,10-20H2,2-9H3,(H,36,39)(H,37,38). The van der Waals surface area contributed by atoms with Crippen molar-refractivity contribution in [3.63, 3.8) is 0 Å². The number of carbonyl (C=O) groups is 2. The van der Waals surface area contributed by atoms with Crippen LogP contribution in [0.3, 0.4) is 0 Å². The number of aliphatic carboxylic acids is 1. The lowest BCUT2D eigenvalue weighted by Crippen LogP contribution is -2.67. The molecule has 0 bridgehead atoms. The molecule has 0 spiro atoms. The zero-order valence-electron chi connectivity index (χ0n) is 26.3. The number of carboxylic acids is 1. The van der Waals surface area contributed by atoms with Gasteiger partial charge in [-0.1, -0.05) is 60.6 Å². The number of hydrogen-bond donors (Lipinski definition) is 2. The summed E-state index contributed by atoms with van der Waals surface area (Å²) in [5.41, 5.74) is 2.18. The molecule has 2 N–H and O–H groups in total. The highest BCUT2D eigenvalue weighted by atomic mass is 16.4. The number of nitrogens with one attached hydrogen (secondary N) is 1. The van der Waals surface area contributed by atoms with E-state index in [4.69, 9.17) is 0 Å². The van der Waals surface area contributed by atoms with Gasteiger partial charge in [0.1, 0.15) is 0 Å². The summed E-state index contributed by atoms with van der Waals surface area (Å²) in [4.78, 5) is 25.5. The minimum Gasteiger partial charge on any atom is -0.481 e. The predicted molar refractivity (Wildman–Crippen MR) is 158 cm³/mol.